The number of carbonyl (C=O) groups is 2. The highest BCUT2D eigenvalue weighted by atomic mass is 32.2. The highest BCUT2D eigenvalue weighted by Gasteiger charge is 2.15. The Morgan fingerprint density at radius 1 is 1.29 bits per heavy atom. The molecular formula is C17H18FNO4S. The lowest BCUT2D eigenvalue weighted by atomic mass is 10.2. The van der Waals surface area contributed by atoms with Gasteiger partial charge in [0.1, 0.15) is 22.9 Å². The van der Waals surface area contributed by atoms with Crippen molar-refractivity contribution in [1.82, 2.24) is 5.32 Å². The van der Waals surface area contributed by atoms with Crippen LogP contribution in [0.2, 0.25) is 0 Å². The summed E-state index contributed by atoms with van der Waals surface area (Å²) in [5.74, 6) is 0.976. The average Bonchev–Trinajstić information content (AvgIpc) is 2.94. The van der Waals surface area contributed by atoms with E-state index in [9.17, 15) is 14.0 Å². The molecule has 128 valence electrons. The molecule has 0 saturated heterocycles. The topological polar surface area (TPSA) is 68.5 Å². The maximum absolute atomic E-state index is 12.8. The molecule has 2 rings (SSSR count). The summed E-state index contributed by atoms with van der Waals surface area (Å²) in [6.45, 7) is 2.04. The number of halogens is 1. The van der Waals surface area contributed by atoms with E-state index in [4.69, 9.17) is 4.42 Å². The highest BCUT2D eigenvalue weighted by Crippen LogP contribution is 2.20. The van der Waals surface area contributed by atoms with E-state index in [0.29, 0.717) is 29.4 Å². The first-order chi connectivity index (χ1) is 11.5. The van der Waals surface area contributed by atoms with Gasteiger partial charge in [-0.1, -0.05) is 12.1 Å². The van der Waals surface area contributed by atoms with Crippen molar-refractivity contribution in [3.63, 3.8) is 0 Å². The molecule has 0 aliphatic rings. The van der Waals surface area contributed by atoms with Crippen LogP contribution in [0.1, 0.15) is 27.4 Å². The summed E-state index contributed by atoms with van der Waals surface area (Å²) in [4.78, 5) is 23.3. The van der Waals surface area contributed by atoms with Crippen LogP contribution in [0.25, 0.3) is 0 Å². The molecule has 0 spiro atoms. The van der Waals surface area contributed by atoms with Crippen LogP contribution in [0, 0.1) is 12.7 Å². The van der Waals surface area contributed by atoms with Crippen LogP contribution in [-0.2, 0) is 21.8 Å². The van der Waals surface area contributed by atoms with Gasteiger partial charge < -0.3 is 14.5 Å². The van der Waals surface area contributed by atoms with Crippen LogP contribution < -0.4 is 5.32 Å². The van der Waals surface area contributed by atoms with Crippen molar-refractivity contribution >= 4 is 23.6 Å². The second-order valence-electron chi connectivity index (χ2n) is 5.07. The van der Waals surface area contributed by atoms with E-state index in [1.807, 2.05) is 0 Å². The smallest absolute Gasteiger partial charge is 0.341 e. The third-order valence-corrected chi connectivity index (χ3v) is 4.21. The van der Waals surface area contributed by atoms with Crippen molar-refractivity contribution in [3.8, 4) is 0 Å². The Balaban J connectivity index is 1.74. The summed E-state index contributed by atoms with van der Waals surface area (Å²) < 4.78 is 22.9. The molecule has 0 bridgehead atoms. The van der Waals surface area contributed by atoms with Crippen LogP contribution in [-0.4, -0.2) is 24.7 Å². The Labute approximate surface area is 143 Å². The largest absolute Gasteiger partial charge is 0.465 e. The number of esters is 1. The van der Waals surface area contributed by atoms with Gasteiger partial charge in [0.25, 0.3) is 0 Å². The number of furan rings is 1. The molecule has 1 heterocycles. The molecule has 1 aromatic carbocycles. The molecule has 1 amide bonds. The van der Waals surface area contributed by atoms with Crippen molar-refractivity contribution < 1.29 is 23.1 Å². The summed E-state index contributed by atoms with van der Waals surface area (Å²) in [5.41, 5.74) is 1.23. The molecule has 1 aromatic heterocycles. The van der Waals surface area contributed by atoms with Gasteiger partial charge in [0.2, 0.25) is 5.91 Å². The first-order valence-corrected chi connectivity index (χ1v) is 8.41. The summed E-state index contributed by atoms with van der Waals surface area (Å²) in [6.07, 6.45) is 0. The van der Waals surface area contributed by atoms with Gasteiger partial charge in [-0.3, -0.25) is 4.79 Å². The third kappa shape index (κ3) is 5.13. The standard InChI is InChI=1S/C17H18FNO4S/c1-11-15(17(21)22-2)7-14(23-11)9-24-10-16(20)19-8-12-3-5-13(18)6-4-12/h3-7H,8-10H2,1-2H3,(H,19,20). The van der Waals surface area contributed by atoms with Crippen LogP contribution in [0.4, 0.5) is 4.39 Å². The Hall–Kier alpha value is -2.28. The van der Waals surface area contributed by atoms with Gasteiger partial charge in [-0.15, -0.1) is 11.8 Å². The number of aryl methyl sites for hydroxylation is 1. The fraction of sp³-hybridized carbons (Fsp3) is 0.294. The number of ether oxygens (including phenoxy) is 1. The van der Waals surface area contributed by atoms with E-state index in [1.165, 1.54) is 31.0 Å². The van der Waals surface area contributed by atoms with Crippen molar-refractivity contribution in [3.05, 3.63) is 58.8 Å². The minimum Gasteiger partial charge on any atom is -0.465 e. The third-order valence-electron chi connectivity index (χ3n) is 3.25. The lowest BCUT2D eigenvalue weighted by molar-refractivity contribution is -0.118. The Kier molecular flexibility index (Phi) is 6.43. The first-order valence-electron chi connectivity index (χ1n) is 7.26. The zero-order valence-electron chi connectivity index (χ0n) is 13.4. The van der Waals surface area contributed by atoms with Gasteiger partial charge in [-0.2, -0.15) is 0 Å². The van der Waals surface area contributed by atoms with Gasteiger partial charge in [0.05, 0.1) is 18.6 Å². The molecule has 5 nitrogen and oxygen atoms in total. The number of benzene rings is 1. The summed E-state index contributed by atoms with van der Waals surface area (Å²) >= 11 is 1.38. The van der Waals surface area contributed by atoms with Gasteiger partial charge in [-0.25, -0.2) is 9.18 Å². The number of rotatable bonds is 7. The molecule has 24 heavy (non-hydrogen) atoms. The molecule has 7 heteroatoms. The lowest BCUT2D eigenvalue weighted by Crippen LogP contribution is -2.24. The van der Waals surface area contributed by atoms with Gasteiger partial charge in [0.15, 0.2) is 0 Å². The second-order valence-corrected chi connectivity index (χ2v) is 6.06. The van der Waals surface area contributed by atoms with E-state index >= 15 is 0 Å². The van der Waals surface area contributed by atoms with Crippen LogP contribution in [0.3, 0.4) is 0 Å². The fourth-order valence-corrected chi connectivity index (χ4v) is 2.76. The van der Waals surface area contributed by atoms with Gasteiger partial charge in [0, 0.05) is 6.54 Å². The zero-order valence-corrected chi connectivity index (χ0v) is 14.2. The van der Waals surface area contributed by atoms with Crippen LogP contribution >= 0.6 is 11.8 Å². The minimum absolute atomic E-state index is 0.124. The monoisotopic (exact) mass is 351 g/mol. The Morgan fingerprint density at radius 2 is 2.00 bits per heavy atom. The maximum atomic E-state index is 12.8. The lowest BCUT2D eigenvalue weighted by Gasteiger charge is -2.05. The average molecular weight is 351 g/mol. The van der Waals surface area contributed by atoms with E-state index in [2.05, 4.69) is 10.1 Å². The van der Waals surface area contributed by atoms with Crippen molar-refractivity contribution in [2.75, 3.05) is 12.9 Å². The van der Waals surface area contributed by atoms with Crippen molar-refractivity contribution in [2.45, 2.75) is 19.2 Å². The Bertz CT molecular complexity index is 712. The minimum atomic E-state index is -0.440. The van der Waals surface area contributed by atoms with Gasteiger partial charge >= 0.3 is 5.97 Å². The van der Waals surface area contributed by atoms with Crippen LogP contribution in [0.5, 0.6) is 0 Å². The number of amides is 1. The number of carbonyl (C=O) groups excluding carboxylic acids is 2. The molecule has 0 atom stereocenters. The van der Waals surface area contributed by atoms with E-state index in [1.54, 1.807) is 25.1 Å². The predicted octanol–water partition coefficient (Wildman–Crippen LogP) is 3.06. The van der Waals surface area contributed by atoms with Crippen LogP contribution in [0.15, 0.2) is 34.7 Å². The number of methoxy groups -OCH3 is 1. The molecule has 0 radical (unpaired) electrons. The number of hydrogen-bond donors (Lipinski definition) is 1. The molecule has 0 aliphatic heterocycles. The van der Waals surface area contributed by atoms with E-state index in [-0.39, 0.29) is 17.5 Å². The second kappa shape index (κ2) is 8.54. The number of thioether (sulfide) groups is 1. The molecule has 2 aromatic rings. The SMILES string of the molecule is COC(=O)c1cc(CSCC(=O)NCc2ccc(F)cc2)oc1C. The van der Waals surface area contributed by atoms with Crippen molar-refractivity contribution in [1.29, 1.82) is 0 Å². The summed E-state index contributed by atoms with van der Waals surface area (Å²) in [7, 11) is 1.31. The van der Waals surface area contributed by atoms with Crippen molar-refractivity contribution in [2.24, 2.45) is 0 Å². The maximum Gasteiger partial charge on any atom is 0.341 e. The molecular weight excluding hydrogens is 333 g/mol. The number of nitrogens with one attached hydrogen (secondary N) is 1. The molecule has 0 fully saturated rings. The normalized spacial score (nSPS) is 10.5. The molecule has 0 unspecified atom stereocenters. The summed E-state index contributed by atoms with van der Waals surface area (Å²) in [5, 5.41) is 2.76. The zero-order chi connectivity index (χ0) is 17.5. The molecule has 0 aliphatic carbocycles. The predicted molar refractivity (Wildman–Crippen MR) is 89.2 cm³/mol. The van der Waals surface area contributed by atoms with E-state index < -0.39 is 5.97 Å². The molecule has 0 saturated carbocycles. The molecule has 1 N–H and O–H groups in total. The number of hydrogen-bond acceptors (Lipinski definition) is 5. The Morgan fingerprint density at radius 3 is 2.67 bits per heavy atom. The fourth-order valence-electron chi connectivity index (χ4n) is 2.03. The summed E-state index contributed by atoms with van der Waals surface area (Å²) in [6, 6.07) is 7.60. The first kappa shape index (κ1) is 18.1. The quantitative estimate of drug-likeness (QED) is 0.777. The highest BCUT2D eigenvalue weighted by molar-refractivity contribution is 7.99. The van der Waals surface area contributed by atoms with Gasteiger partial charge in [-0.05, 0) is 30.7 Å². The van der Waals surface area contributed by atoms with E-state index in [0.717, 1.165) is 5.56 Å².